The molecular formula is C23H29N3O2. The molecule has 0 radical (unpaired) electrons. The molecule has 0 bridgehead atoms. The molecule has 2 aromatic rings. The minimum atomic E-state index is -0.0491. The molecule has 0 aliphatic carbocycles. The molecule has 28 heavy (non-hydrogen) atoms. The third-order valence-electron chi connectivity index (χ3n) is 5.26. The number of amides is 2. The highest BCUT2D eigenvalue weighted by atomic mass is 16.2. The number of piperazine rings is 1. The summed E-state index contributed by atoms with van der Waals surface area (Å²) in [6, 6.07) is 20.5. The van der Waals surface area contributed by atoms with E-state index in [9.17, 15) is 9.59 Å². The third-order valence-corrected chi connectivity index (χ3v) is 5.26. The molecule has 1 fully saturated rings. The highest BCUT2D eigenvalue weighted by Crippen LogP contribution is 2.09. The van der Waals surface area contributed by atoms with Crippen molar-refractivity contribution in [2.75, 3.05) is 39.3 Å². The van der Waals surface area contributed by atoms with E-state index in [1.165, 1.54) is 18.1 Å². The van der Waals surface area contributed by atoms with Crippen molar-refractivity contribution in [3.63, 3.8) is 0 Å². The number of rotatable bonds is 7. The lowest BCUT2D eigenvalue weighted by Gasteiger charge is -2.35. The smallest absolute Gasteiger partial charge is 0.242 e. The van der Waals surface area contributed by atoms with Gasteiger partial charge >= 0.3 is 0 Å². The van der Waals surface area contributed by atoms with Gasteiger partial charge in [0.05, 0.1) is 6.54 Å². The van der Waals surface area contributed by atoms with Crippen LogP contribution >= 0.6 is 0 Å². The Hall–Kier alpha value is -2.66. The molecule has 0 saturated carbocycles. The lowest BCUT2D eigenvalue weighted by molar-refractivity contribution is -0.140. The van der Waals surface area contributed by atoms with E-state index in [1.807, 2.05) is 41.3 Å². The van der Waals surface area contributed by atoms with Crippen LogP contribution in [0.15, 0.2) is 60.7 Å². The van der Waals surface area contributed by atoms with Crippen LogP contribution in [0.3, 0.4) is 0 Å². The van der Waals surface area contributed by atoms with E-state index < -0.39 is 0 Å². The molecule has 2 aromatic carbocycles. The van der Waals surface area contributed by atoms with E-state index in [0.717, 1.165) is 39.1 Å². The van der Waals surface area contributed by atoms with Crippen molar-refractivity contribution >= 4 is 11.8 Å². The standard InChI is InChI=1S/C23H29N3O2/c1-20(27)26(13-12-21-8-4-2-5-9-21)19-23(28)25-16-14-24(15-17-25)18-22-10-6-3-7-11-22/h2-11H,12-19H2,1H3. The van der Waals surface area contributed by atoms with Crippen LogP contribution in [0.5, 0.6) is 0 Å². The second kappa shape index (κ2) is 10.0. The summed E-state index contributed by atoms with van der Waals surface area (Å²) < 4.78 is 0. The molecule has 3 rings (SSSR count). The van der Waals surface area contributed by atoms with Crippen molar-refractivity contribution < 1.29 is 9.59 Å². The van der Waals surface area contributed by atoms with Gasteiger partial charge in [-0.05, 0) is 17.5 Å². The maximum absolute atomic E-state index is 12.7. The summed E-state index contributed by atoms with van der Waals surface area (Å²) in [5.74, 6) is -0.00498. The van der Waals surface area contributed by atoms with E-state index in [2.05, 4.69) is 29.2 Å². The number of carbonyl (C=O) groups is 2. The van der Waals surface area contributed by atoms with Gasteiger partial charge in [-0.3, -0.25) is 14.5 Å². The Bertz CT molecular complexity index is 756. The number of hydrogen-bond acceptors (Lipinski definition) is 3. The molecule has 1 heterocycles. The highest BCUT2D eigenvalue weighted by Gasteiger charge is 2.23. The Morgan fingerprint density at radius 2 is 1.43 bits per heavy atom. The maximum atomic E-state index is 12.7. The second-order valence-corrected chi connectivity index (χ2v) is 7.32. The Kier molecular flexibility index (Phi) is 7.20. The summed E-state index contributed by atoms with van der Waals surface area (Å²) in [4.78, 5) is 30.6. The van der Waals surface area contributed by atoms with Crippen LogP contribution < -0.4 is 0 Å². The molecular weight excluding hydrogens is 350 g/mol. The summed E-state index contributed by atoms with van der Waals surface area (Å²) in [5.41, 5.74) is 2.47. The fraction of sp³-hybridized carbons (Fsp3) is 0.391. The van der Waals surface area contributed by atoms with Gasteiger partial charge in [0.1, 0.15) is 0 Å². The summed E-state index contributed by atoms with van der Waals surface area (Å²) in [6.07, 6.45) is 0.762. The van der Waals surface area contributed by atoms with Gasteiger partial charge in [-0.2, -0.15) is 0 Å². The quantitative estimate of drug-likeness (QED) is 0.742. The fourth-order valence-electron chi connectivity index (χ4n) is 3.52. The van der Waals surface area contributed by atoms with Crippen LogP contribution in [-0.4, -0.2) is 65.8 Å². The zero-order valence-corrected chi connectivity index (χ0v) is 16.6. The summed E-state index contributed by atoms with van der Waals surface area (Å²) >= 11 is 0. The van der Waals surface area contributed by atoms with Crippen molar-refractivity contribution in [2.24, 2.45) is 0 Å². The molecule has 5 nitrogen and oxygen atoms in total. The maximum Gasteiger partial charge on any atom is 0.242 e. The normalized spacial score (nSPS) is 14.7. The van der Waals surface area contributed by atoms with Crippen LogP contribution in [0.4, 0.5) is 0 Å². The lowest BCUT2D eigenvalue weighted by Crippen LogP contribution is -2.51. The van der Waals surface area contributed by atoms with E-state index in [4.69, 9.17) is 0 Å². The van der Waals surface area contributed by atoms with Crippen molar-refractivity contribution in [3.8, 4) is 0 Å². The molecule has 148 valence electrons. The summed E-state index contributed by atoms with van der Waals surface area (Å²) in [7, 11) is 0. The first kappa shape index (κ1) is 20.1. The topological polar surface area (TPSA) is 43.9 Å². The van der Waals surface area contributed by atoms with E-state index in [1.54, 1.807) is 4.90 Å². The zero-order chi connectivity index (χ0) is 19.8. The van der Waals surface area contributed by atoms with E-state index in [-0.39, 0.29) is 18.4 Å². The van der Waals surface area contributed by atoms with Gasteiger partial charge in [0.25, 0.3) is 0 Å². The van der Waals surface area contributed by atoms with Gasteiger partial charge in [-0.25, -0.2) is 0 Å². The predicted octanol–water partition coefficient (Wildman–Crippen LogP) is 2.42. The van der Waals surface area contributed by atoms with Gasteiger partial charge < -0.3 is 9.80 Å². The molecule has 1 saturated heterocycles. The lowest BCUT2D eigenvalue weighted by atomic mass is 10.1. The van der Waals surface area contributed by atoms with Crippen molar-refractivity contribution in [1.82, 2.24) is 14.7 Å². The van der Waals surface area contributed by atoms with Crippen LogP contribution in [0.1, 0.15) is 18.1 Å². The van der Waals surface area contributed by atoms with Crippen molar-refractivity contribution in [3.05, 3.63) is 71.8 Å². The zero-order valence-electron chi connectivity index (χ0n) is 16.6. The molecule has 1 aliphatic rings. The number of carbonyl (C=O) groups excluding carboxylic acids is 2. The minimum Gasteiger partial charge on any atom is -0.339 e. The molecule has 0 N–H and O–H groups in total. The molecule has 5 heteroatoms. The fourth-order valence-corrected chi connectivity index (χ4v) is 3.52. The second-order valence-electron chi connectivity index (χ2n) is 7.32. The number of benzene rings is 2. The Morgan fingerprint density at radius 1 is 0.857 bits per heavy atom. The average Bonchev–Trinajstić information content (AvgIpc) is 2.73. The van der Waals surface area contributed by atoms with Gasteiger partial charge in [-0.15, -0.1) is 0 Å². The Labute approximate surface area is 167 Å². The molecule has 0 spiro atoms. The van der Waals surface area contributed by atoms with E-state index >= 15 is 0 Å². The first-order chi connectivity index (χ1) is 13.6. The minimum absolute atomic E-state index is 0.0441. The van der Waals surface area contributed by atoms with Gasteiger partial charge in [0.2, 0.25) is 11.8 Å². The highest BCUT2D eigenvalue weighted by molar-refractivity contribution is 5.84. The van der Waals surface area contributed by atoms with Crippen molar-refractivity contribution in [2.45, 2.75) is 19.9 Å². The largest absolute Gasteiger partial charge is 0.339 e. The third kappa shape index (κ3) is 5.92. The Balaban J connectivity index is 1.46. The SMILES string of the molecule is CC(=O)N(CCc1ccccc1)CC(=O)N1CCN(Cc2ccccc2)CC1. The van der Waals surface area contributed by atoms with Crippen LogP contribution in [0, 0.1) is 0 Å². The van der Waals surface area contributed by atoms with E-state index in [0.29, 0.717) is 6.54 Å². The molecule has 0 atom stereocenters. The molecule has 1 aliphatic heterocycles. The first-order valence-electron chi connectivity index (χ1n) is 9.95. The van der Waals surface area contributed by atoms with Gasteiger partial charge in [0, 0.05) is 46.2 Å². The van der Waals surface area contributed by atoms with Crippen LogP contribution in [0.2, 0.25) is 0 Å². The number of nitrogens with zero attached hydrogens (tertiary/aromatic N) is 3. The number of hydrogen-bond donors (Lipinski definition) is 0. The molecule has 0 unspecified atom stereocenters. The molecule has 2 amide bonds. The Morgan fingerprint density at radius 3 is 2.00 bits per heavy atom. The monoisotopic (exact) mass is 379 g/mol. The summed E-state index contributed by atoms with van der Waals surface area (Å²) in [5, 5.41) is 0. The van der Waals surface area contributed by atoms with Crippen LogP contribution in [-0.2, 0) is 22.6 Å². The van der Waals surface area contributed by atoms with Gasteiger partial charge in [-0.1, -0.05) is 60.7 Å². The van der Waals surface area contributed by atoms with Gasteiger partial charge in [0.15, 0.2) is 0 Å². The molecule has 0 aromatic heterocycles. The first-order valence-corrected chi connectivity index (χ1v) is 9.95. The summed E-state index contributed by atoms with van der Waals surface area (Å²) in [6.45, 7) is 6.36. The van der Waals surface area contributed by atoms with Crippen molar-refractivity contribution in [1.29, 1.82) is 0 Å². The average molecular weight is 380 g/mol. The van der Waals surface area contributed by atoms with Crippen LogP contribution in [0.25, 0.3) is 0 Å². The predicted molar refractivity (Wildman–Crippen MR) is 111 cm³/mol.